The van der Waals surface area contributed by atoms with Gasteiger partial charge in [-0.05, 0) is 56.5 Å². The summed E-state index contributed by atoms with van der Waals surface area (Å²) in [6.07, 6.45) is 5.32. The van der Waals surface area contributed by atoms with Crippen LogP contribution in [0.2, 0.25) is 0 Å². The zero-order valence-corrected chi connectivity index (χ0v) is 19.6. The Hall–Kier alpha value is -3.33. The van der Waals surface area contributed by atoms with Crippen LogP contribution in [-0.4, -0.2) is 35.7 Å². The van der Waals surface area contributed by atoms with Crippen LogP contribution in [-0.2, 0) is 7.05 Å². The molecule has 5 rings (SSSR count). The number of carbonyl (C=O) groups is 1. The predicted molar refractivity (Wildman–Crippen MR) is 125 cm³/mol. The number of rotatable bonds is 5. The largest absolute Gasteiger partial charge is 0.320 e. The fraction of sp³-hybridized carbons (Fsp3) is 0.261. The summed E-state index contributed by atoms with van der Waals surface area (Å²) in [5.41, 5.74) is 7.02. The van der Waals surface area contributed by atoms with Crippen molar-refractivity contribution in [1.82, 2.24) is 29.8 Å². The van der Waals surface area contributed by atoms with E-state index in [1.54, 1.807) is 29.2 Å². The van der Waals surface area contributed by atoms with Crippen molar-refractivity contribution in [2.75, 3.05) is 5.32 Å². The van der Waals surface area contributed by atoms with Crippen LogP contribution in [0, 0.1) is 13.8 Å². The van der Waals surface area contributed by atoms with E-state index in [0.717, 1.165) is 51.2 Å². The molecule has 0 aliphatic heterocycles. The number of carbonyl (C=O) groups excluding carboxylic acids is 1. The molecule has 162 valence electrons. The molecule has 1 N–H and O–H groups in total. The smallest absolute Gasteiger partial charge is 0.278 e. The summed E-state index contributed by atoms with van der Waals surface area (Å²) < 4.78 is 4.62. The van der Waals surface area contributed by atoms with E-state index in [0.29, 0.717) is 11.4 Å². The number of nitrogens with one attached hydrogen (secondary N) is 1. The monoisotopic (exact) mass is 491 g/mol. The lowest BCUT2D eigenvalue weighted by molar-refractivity contribution is 0.102. The van der Waals surface area contributed by atoms with E-state index < -0.39 is 0 Å². The molecule has 0 unspecified atom stereocenters. The van der Waals surface area contributed by atoms with Crippen molar-refractivity contribution in [1.29, 1.82) is 0 Å². The van der Waals surface area contributed by atoms with Gasteiger partial charge in [-0.3, -0.25) is 14.5 Å². The molecule has 4 aromatic rings. The first-order valence-corrected chi connectivity index (χ1v) is 11.2. The minimum atomic E-state index is -0.262. The Balaban J connectivity index is 1.52. The first-order chi connectivity index (χ1) is 15.4. The average Bonchev–Trinajstić information content (AvgIpc) is 3.46. The number of halogens is 1. The van der Waals surface area contributed by atoms with E-state index in [1.165, 1.54) is 0 Å². The maximum Gasteiger partial charge on any atom is 0.278 e. The Morgan fingerprint density at radius 2 is 1.91 bits per heavy atom. The molecule has 0 radical (unpaired) electrons. The number of pyridine rings is 1. The molecule has 8 nitrogen and oxygen atoms in total. The summed E-state index contributed by atoms with van der Waals surface area (Å²) in [5, 5.41) is 16.0. The van der Waals surface area contributed by atoms with Crippen molar-refractivity contribution < 1.29 is 4.79 Å². The fourth-order valence-electron chi connectivity index (χ4n) is 3.99. The van der Waals surface area contributed by atoms with E-state index >= 15 is 0 Å². The van der Waals surface area contributed by atoms with Crippen molar-refractivity contribution >= 4 is 27.5 Å². The Bertz CT molecular complexity index is 1320. The van der Waals surface area contributed by atoms with Crippen LogP contribution < -0.4 is 5.32 Å². The van der Waals surface area contributed by atoms with Gasteiger partial charge in [0.15, 0.2) is 5.69 Å². The Kier molecular flexibility index (Phi) is 5.13. The summed E-state index contributed by atoms with van der Waals surface area (Å²) in [4.78, 5) is 16.9. The third-order valence-electron chi connectivity index (χ3n) is 5.80. The minimum Gasteiger partial charge on any atom is -0.320 e. The highest BCUT2D eigenvalue weighted by molar-refractivity contribution is 9.10. The summed E-state index contributed by atoms with van der Waals surface area (Å²) in [6, 6.07) is 9.59. The summed E-state index contributed by atoms with van der Waals surface area (Å²) in [6.45, 7) is 4.07. The topological polar surface area (TPSA) is 90.5 Å². The lowest BCUT2D eigenvalue weighted by atomic mass is 10.0. The minimum absolute atomic E-state index is 0.262. The molecule has 0 atom stereocenters. The van der Waals surface area contributed by atoms with E-state index in [-0.39, 0.29) is 11.8 Å². The van der Waals surface area contributed by atoms with Crippen molar-refractivity contribution in [2.24, 2.45) is 7.05 Å². The van der Waals surface area contributed by atoms with E-state index in [9.17, 15) is 4.79 Å². The maximum atomic E-state index is 12.9. The molecule has 32 heavy (non-hydrogen) atoms. The molecule has 1 amide bonds. The van der Waals surface area contributed by atoms with Crippen molar-refractivity contribution in [2.45, 2.75) is 32.6 Å². The molecule has 1 aromatic carbocycles. The van der Waals surface area contributed by atoms with Gasteiger partial charge in [-0.1, -0.05) is 27.2 Å². The van der Waals surface area contributed by atoms with Gasteiger partial charge in [0.05, 0.1) is 17.1 Å². The molecule has 1 fully saturated rings. The van der Waals surface area contributed by atoms with Crippen LogP contribution in [0.4, 0.5) is 5.69 Å². The summed E-state index contributed by atoms with van der Waals surface area (Å²) in [7, 11) is 1.95. The number of anilines is 1. The van der Waals surface area contributed by atoms with Crippen molar-refractivity contribution in [3.05, 3.63) is 70.0 Å². The normalized spacial score (nSPS) is 13.4. The highest BCUT2D eigenvalue weighted by atomic mass is 79.9. The molecule has 0 spiro atoms. The summed E-state index contributed by atoms with van der Waals surface area (Å²) >= 11 is 3.73. The second-order valence-electron chi connectivity index (χ2n) is 8.03. The van der Waals surface area contributed by atoms with Gasteiger partial charge in [-0.15, -0.1) is 5.10 Å². The Morgan fingerprint density at radius 1 is 1.16 bits per heavy atom. The molecule has 0 saturated heterocycles. The van der Waals surface area contributed by atoms with Crippen LogP contribution in [0.3, 0.4) is 0 Å². The first kappa shape index (κ1) is 20.6. The maximum absolute atomic E-state index is 12.9. The lowest BCUT2D eigenvalue weighted by Crippen LogP contribution is -2.15. The van der Waals surface area contributed by atoms with Crippen LogP contribution >= 0.6 is 15.9 Å². The molecular formula is C23H22BrN7O. The SMILES string of the molecule is Cc1nn(C)c(C)c1-c1ccc(-n2nnc(C(=O)Nc3ccncc3)c2C2CC2)cc1Br. The van der Waals surface area contributed by atoms with E-state index in [2.05, 4.69) is 54.6 Å². The Morgan fingerprint density at radius 3 is 2.53 bits per heavy atom. The molecule has 0 bridgehead atoms. The summed E-state index contributed by atoms with van der Waals surface area (Å²) in [5.74, 6) is 0.0195. The van der Waals surface area contributed by atoms with Crippen LogP contribution in [0.5, 0.6) is 0 Å². The van der Waals surface area contributed by atoms with Gasteiger partial charge in [-0.2, -0.15) is 5.10 Å². The van der Waals surface area contributed by atoms with Crippen molar-refractivity contribution in [3.63, 3.8) is 0 Å². The Labute approximate surface area is 193 Å². The number of aryl methyl sites for hydroxylation is 2. The highest BCUT2D eigenvalue weighted by Crippen LogP contribution is 2.42. The van der Waals surface area contributed by atoms with Crippen LogP contribution in [0.1, 0.15) is 46.3 Å². The number of aromatic nitrogens is 6. The third kappa shape index (κ3) is 3.62. The lowest BCUT2D eigenvalue weighted by Gasteiger charge is -2.11. The fourth-order valence-corrected chi connectivity index (χ4v) is 4.56. The van der Waals surface area contributed by atoms with Gasteiger partial charge >= 0.3 is 0 Å². The van der Waals surface area contributed by atoms with Gasteiger partial charge in [-0.25, -0.2) is 4.68 Å². The molecule has 1 aliphatic rings. The quantitative estimate of drug-likeness (QED) is 0.441. The van der Waals surface area contributed by atoms with Gasteiger partial charge in [0.25, 0.3) is 5.91 Å². The van der Waals surface area contributed by atoms with Gasteiger partial charge in [0, 0.05) is 46.8 Å². The molecule has 9 heteroatoms. The van der Waals surface area contributed by atoms with E-state index in [1.807, 2.05) is 30.8 Å². The third-order valence-corrected chi connectivity index (χ3v) is 6.45. The van der Waals surface area contributed by atoms with E-state index in [4.69, 9.17) is 0 Å². The zero-order valence-electron chi connectivity index (χ0n) is 18.0. The zero-order chi connectivity index (χ0) is 22.4. The molecule has 1 saturated carbocycles. The van der Waals surface area contributed by atoms with Gasteiger partial charge in [0.2, 0.25) is 0 Å². The number of benzene rings is 1. The molecular weight excluding hydrogens is 470 g/mol. The molecule has 3 heterocycles. The number of hydrogen-bond donors (Lipinski definition) is 1. The predicted octanol–water partition coefficient (Wildman–Crippen LogP) is 4.57. The average molecular weight is 492 g/mol. The van der Waals surface area contributed by atoms with Crippen LogP contribution in [0.25, 0.3) is 16.8 Å². The highest BCUT2D eigenvalue weighted by Gasteiger charge is 2.34. The standard InChI is InChI=1S/C23H22BrN7O/c1-13-20(14(2)30(3)28-13)18-7-6-17(12-19(18)24)31-22(15-4-5-15)21(27-29-31)23(32)26-16-8-10-25-11-9-16/h6-12,15H,4-5H2,1-3H3,(H,25,26,32). The van der Waals surface area contributed by atoms with Gasteiger partial charge in [0.1, 0.15) is 0 Å². The second-order valence-corrected chi connectivity index (χ2v) is 8.89. The van der Waals surface area contributed by atoms with Crippen LogP contribution in [0.15, 0.2) is 47.2 Å². The second kappa shape index (κ2) is 7.98. The number of hydrogen-bond acceptors (Lipinski definition) is 5. The molecule has 3 aromatic heterocycles. The first-order valence-electron chi connectivity index (χ1n) is 10.4. The number of amides is 1. The van der Waals surface area contributed by atoms with Gasteiger partial charge < -0.3 is 5.32 Å². The van der Waals surface area contributed by atoms with Crippen molar-refractivity contribution in [3.8, 4) is 16.8 Å². The number of nitrogens with zero attached hydrogens (tertiary/aromatic N) is 6. The molecule has 1 aliphatic carbocycles.